The molecule has 9 nitrogen and oxygen atoms in total. The fourth-order valence-electron chi connectivity index (χ4n) is 2.93. The Morgan fingerprint density at radius 1 is 1.44 bits per heavy atom. The Hall–Kier alpha value is -2.42. The second-order valence-corrected chi connectivity index (χ2v) is 7.29. The molecule has 3 heterocycles. The summed E-state index contributed by atoms with van der Waals surface area (Å²) >= 11 is 0. The van der Waals surface area contributed by atoms with Crippen molar-refractivity contribution in [3.05, 3.63) is 18.7 Å². The Balaban J connectivity index is 1.74. The second-order valence-electron chi connectivity index (χ2n) is 7.29. The van der Waals surface area contributed by atoms with Crippen LogP contribution in [-0.2, 0) is 11.8 Å². The Morgan fingerprint density at radius 2 is 2.24 bits per heavy atom. The van der Waals surface area contributed by atoms with E-state index in [1.165, 1.54) is 0 Å². The number of rotatable bonds is 3. The van der Waals surface area contributed by atoms with Gasteiger partial charge >= 0.3 is 6.09 Å². The van der Waals surface area contributed by atoms with E-state index in [0.717, 1.165) is 24.4 Å². The maximum Gasteiger partial charge on any atom is 0.407 e. The summed E-state index contributed by atoms with van der Waals surface area (Å²) in [6.45, 7) is 7.06. The van der Waals surface area contributed by atoms with Crippen molar-refractivity contribution < 1.29 is 9.53 Å². The lowest BCUT2D eigenvalue weighted by Crippen LogP contribution is -2.52. The fourth-order valence-corrected chi connectivity index (χ4v) is 2.93. The zero-order valence-electron chi connectivity index (χ0n) is 15.1. The van der Waals surface area contributed by atoms with Crippen LogP contribution in [0.15, 0.2) is 18.7 Å². The van der Waals surface area contributed by atoms with E-state index in [2.05, 4.69) is 25.9 Å². The van der Waals surface area contributed by atoms with E-state index in [9.17, 15) is 4.79 Å². The zero-order chi connectivity index (χ0) is 18.0. The van der Waals surface area contributed by atoms with Crippen molar-refractivity contribution in [2.75, 3.05) is 13.1 Å². The van der Waals surface area contributed by atoms with Crippen LogP contribution in [0, 0.1) is 0 Å². The number of imidazole rings is 1. The summed E-state index contributed by atoms with van der Waals surface area (Å²) in [7, 11) is 1.92. The van der Waals surface area contributed by atoms with Crippen molar-refractivity contribution in [2.24, 2.45) is 7.05 Å². The third kappa shape index (κ3) is 4.16. The number of nitrogens with zero attached hydrogens (tertiary/aromatic N) is 5. The summed E-state index contributed by atoms with van der Waals surface area (Å²) in [4.78, 5) is 16.2. The SMILES string of the molecule is Cn1cncc1-c1cn([C@H]2CCNC[C@@H]2NC(=O)OC(C)(C)C)nn1. The molecule has 1 aliphatic heterocycles. The molecular formula is C16H25N7O2. The number of aromatic nitrogens is 5. The standard InChI is InChI=1S/C16H25N7O2/c1-16(2,3)25-15(24)19-11-7-17-6-5-13(11)23-9-12(20-21-23)14-8-18-10-22(14)4/h8-11,13,17H,5-7H2,1-4H3,(H,19,24)/t11-,13-/m0/s1. The summed E-state index contributed by atoms with van der Waals surface area (Å²) in [5.74, 6) is 0. The first-order valence-electron chi connectivity index (χ1n) is 8.42. The zero-order valence-corrected chi connectivity index (χ0v) is 15.1. The minimum absolute atomic E-state index is 0.0169. The summed E-state index contributed by atoms with van der Waals surface area (Å²) in [6, 6.07) is -0.104. The first-order chi connectivity index (χ1) is 11.8. The van der Waals surface area contributed by atoms with Crippen molar-refractivity contribution in [3.63, 3.8) is 0 Å². The van der Waals surface area contributed by atoms with Crippen LogP contribution in [0.1, 0.15) is 33.2 Å². The molecule has 0 spiro atoms. The van der Waals surface area contributed by atoms with Gasteiger partial charge in [0.15, 0.2) is 0 Å². The number of hydrogen-bond acceptors (Lipinski definition) is 6. The van der Waals surface area contributed by atoms with E-state index in [1.54, 1.807) is 12.5 Å². The number of piperidine rings is 1. The molecule has 3 rings (SSSR count). The number of alkyl carbamates (subject to hydrolysis) is 1. The van der Waals surface area contributed by atoms with Gasteiger partial charge in [-0.15, -0.1) is 5.10 Å². The smallest absolute Gasteiger partial charge is 0.407 e. The Bertz CT molecular complexity index is 731. The molecule has 9 heteroatoms. The third-order valence-corrected chi connectivity index (χ3v) is 4.08. The van der Waals surface area contributed by atoms with E-state index in [0.29, 0.717) is 6.54 Å². The number of aryl methyl sites for hydroxylation is 1. The number of carbonyl (C=O) groups excluding carboxylic acids is 1. The fraction of sp³-hybridized carbons (Fsp3) is 0.625. The largest absolute Gasteiger partial charge is 0.444 e. The maximum atomic E-state index is 12.1. The van der Waals surface area contributed by atoms with Gasteiger partial charge in [0, 0.05) is 13.6 Å². The van der Waals surface area contributed by atoms with Crippen LogP contribution >= 0.6 is 0 Å². The number of amides is 1. The monoisotopic (exact) mass is 347 g/mol. The molecule has 2 N–H and O–H groups in total. The van der Waals surface area contributed by atoms with E-state index in [-0.39, 0.29) is 12.1 Å². The molecule has 0 bridgehead atoms. The van der Waals surface area contributed by atoms with Gasteiger partial charge in [0.05, 0.1) is 36.5 Å². The van der Waals surface area contributed by atoms with Crippen LogP contribution in [0.4, 0.5) is 4.79 Å². The molecule has 0 radical (unpaired) electrons. The highest BCUT2D eigenvalue weighted by atomic mass is 16.6. The summed E-state index contributed by atoms with van der Waals surface area (Å²) in [5, 5.41) is 14.8. The summed E-state index contributed by atoms with van der Waals surface area (Å²) in [6.07, 6.45) is 5.81. The quantitative estimate of drug-likeness (QED) is 0.863. The van der Waals surface area contributed by atoms with Crippen LogP contribution in [-0.4, -0.2) is 55.4 Å². The number of hydrogen-bond donors (Lipinski definition) is 2. The number of nitrogens with one attached hydrogen (secondary N) is 2. The first kappa shape index (κ1) is 17.4. The minimum Gasteiger partial charge on any atom is -0.444 e. The van der Waals surface area contributed by atoms with Gasteiger partial charge in [0.1, 0.15) is 11.3 Å². The minimum atomic E-state index is -0.526. The molecular weight excluding hydrogens is 322 g/mol. The van der Waals surface area contributed by atoms with Crippen molar-refractivity contribution in [1.29, 1.82) is 0 Å². The molecule has 136 valence electrons. The number of carbonyl (C=O) groups is 1. The first-order valence-corrected chi connectivity index (χ1v) is 8.42. The van der Waals surface area contributed by atoms with E-state index in [1.807, 2.05) is 43.3 Å². The highest BCUT2D eigenvalue weighted by Crippen LogP contribution is 2.22. The average Bonchev–Trinajstić information content (AvgIpc) is 3.14. The number of ether oxygens (including phenoxy) is 1. The van der Waals surface area contributed by atoms with Crippen molar-refractivity contribution in [2.45, 2.75) is 44.9 Å². The highest BCUT2D eigenvalue weighted by molar-refractivity contribution is 5.68. The maximum absolute atomic E-state index is 12.1. The molecule has 0 unspecified atom stereocenters. The van der Waals surface area contributed by atoms with Crippen LogP contribution in [0.3, 0.4) is 0 Å². The molecule has 1 fully saturated rings. The summed E-state index contributed by atoms with van der Waals surface area (Å²) < 4.78 is 9.09. The van der Waals surface area contributed by atoms with E-state index >= 15 is 0 Å². The molecule has 0 aromatic carbocycles. The van der Waals surface area contributed by atoms with Crippen LogP contribution in [0.5, 0.6) is 0 Å². The summed E-state index contributed by atoms with van der Waals surface area (Å²) in [5.41, 5.74) is 1.13. The Morgan fingerprint density at radius 3 is 2.92 bits per heavy atom. The molecule has 2 aromatic heterocycles. The molecule has 1 aliphatic rings. The van der Waals surface area contributed by atoms with Gasteiger partial charge in [-0.05, 0) is 33.7 Å². The van der Waals surface area contributed by atoms with Gasteiger partial charge < -0.3 is 19.9 Å². The van der Waals surface area contributed by atoms with E-state index < -0.39 is 11.7 Å². The normalized spacial score (nSPS) is 21.1. The van der Waals surface area contributed by atoms with Gasteiger partial charge in [0.25, 0.3) is 0 Å². The molecule has 1 saturated heterocycles. The van der Waals surface area contributed by atoms with Gasteiger partial charge in [-0.2, -0.15) is 0 Å². The van der Waals surface area contributed by atoms with Gasteiger partial charge in [-0.1, -0.05) is 5.21 Å². The predicted molar refractivity (Wildman–Crippen MR) is 91.9 cm³/mol. The van der Waals surface area contributed by atoms with Crippen molar-refractivity contribution in [1.82, 2.24) is 35.2 Å². The lowest BCUT2D eigenvalue weighted by atomic mass is 10.0. The lowest BCUT2D eigenvalue weighted by Gasteiger charge is -2.33. The highest BCUT2D eigenvalue weighted by Gasteiger charge is 2.30. The third-order valence-electron chi connectivity index (χ3n) is 4.08. The molecule has 2 atom stereocenters. The average molecular weight is 347 g/mol. The van der Waals surface area contributed by atoms with Gasteiger partial charge in [0.2, 0.25) is 0 Å². The Kier molecular flexibility index (Phi) is 4.76. The topological polar surface area (TPSA) is 98.9 Å². The van der Waals surface area contributed by atoms with E-state index in [4.69, 9.17) is 4.74 Å². The molecule has 1 amide bonds. The molecule has 2 aromatic rings. The molecule has 0 aliphatic carbocycles. The molecule has 25 heavy (non-hydrogen) atoms. The lowest BCUT2D eigenvalue weighted by molar-refractivity contribution is 0.0475. The van der Waals surface area contributed by atoms with Crippen molar-refractivity contribution in [3.8, 4) is 11.4 Å². The van der Waals surface area contributed by atoms with Gasteiger partial charge in [-0.3, -0.25) is 0 Å². The van der Waals surface area contributed by atoms with Crippen LogP contribution < -0.4 is 10.6 Å². The van der Waals surface area contributed by atoms with Crippen LogP contribution in [0.25, 0.3) is 11.4 Å². The van der Waals surface area contributed by atoms with Crippen molar-refractivity contribution >= 4 is 6.09 Å². The van der Waals surface area contributed by atoms with Gasteiger partial charge in [-0.25, -0.2) is 14.5 Å². The second kappa shape index (κ2) is 6.83. The predicted octanol–water partition coefficient (Wildman–Crippen LogP) is 1.11. The van der Waals surface area contributed by atoms with Crippen LogP contribution in [0.2, 0.25) is 0 Å². The molecule has 0 saturated carbocycles. The Labute approximate surface area is 146 Å².